The predicted octanol–water partition coefficient (Wildman–Crippen LogP) is 4.11. The van der Waals surface area contributed by atoms with E-state index in [-0.39, 0.29) is 5.56 Å². The summed E-state index contributed by atoms with van der Waals surface area (Å²) in [6.45, 7) is 4.13. The zero-order valence-electron chi connectivity index (χ0n) is 15.8. The highest BCUT2D eigenvalue weighted by molar-refractivity contribution is 5.71. The lowest BCUT2D eigenvalue weighted by molar-refractivity contribution is -0.310. The number of nitrogens with one attached hydrogen (secondary N) is 1. The maximum Gasteiger partial charge on any atom is 0.407 e. The lowest BCUT2D eigenvalue weighted by Crippen LogP contribution is -2.51. The first kappa shape index (κ1) is 21.9. The Kier molecular flexibility index (Phi) is 6.49. The molecule has 0 aliphatic carbocycles. The topological polar surface area (TPSA) is 52.2 Å². The van der Waals surface area contributed by atoms with E-state index in [4.69, 9.17) is 0 Å². The summed E-state index contributed by atoms with van der Waals surface area (Å²) in [5, 5.41) is 13.2. The van der Waals surface area contributed by atoms with E-state index < -0.39 is 36.3 Å². The monoisotopic (exact) mass is 396 g/mol. The van der Waals surface area contributed by atoms with Crippen molar-refractivity contribution in [3.05, 3.63) is 59.7 Å². The minimum atomic E-state index is -4.76. The van der Waals surface area contributed by atoms with Crippen LogP contribution in [0.4, 0.5) is 17.6 Å². The summed E-state index contributed by atoms with van der Waals surface area (Å²) >= 11 is 0. The van der Waals surface area contributed by atoms with Gasteiger partial charge in [-0.05, 0) is 37.5 Å². The summed E-state index contributed by atoms with van der Waals surface area (Å²) in [5.74, 6) is -1.78. The van der Waals surface area contributed by atoms with Crippen LogP contribution in [0.25, 0.3) is 11.1 Å². The Morgan fingerprint density at radius 1 is 0.964 bits per heavy atom. The van der Waals surface area contributed by atoms with E-state index >= 15 is 0 Å². The average Bonchev–Trinajstić information content (AvgIpc) is 2.57. The molecule has 28 heavy (non-hydrogen) atoms. The van der Waals surface area contributed by atoms with Crippen molar-refractivity contribution in [1.29, 1.82) is 0 Å². The van der Waals surface area contributed by atoms with Gasteiger partial charge in [0.15, 0.2) is 0 Å². The van der Waals surface area contributed by atoms with Crippen molar-refractivity contribution in [1.82, 2.24) is 5.32 Å². The minimum absolute atomic E-state index is 0.161. The molecule has 0 aromatic heterocycles. The molecule has 7 heteroatoms. The molecule has 0 unspecified atom stereocenters. The second kappa shape index (κ2) is 8.31. The normalized spacial score (nSPS) is 14.5. The van der Waals surface area contributed by atoms with Crippen LogP contribution in [-0.4, -0.2) is 23.9 Å². The third-order valence-corrected chi connectivity index (χ3v) is 4.30. The molecule has 2 atom stereocenters. The van der Waals surface area contributed by atoms with Crippen LogP contribution >= 0.6 is 0 Å². The molecule has 0 aliphatic rings. The minimum Gasteiger partial charge on any atom is -0.548 e. The van der Waals surface area contributed by atoms with Gasteiger partial charge in [0.1, 0.15) is 11.7 Å². The Labute approximate surface area is 161 Å². The van der Waals surface area contributed by atoms with Crippen LogP contribution in [0.2, 0.25) is 0 Å². The molecule has 0 saturated carbocycles. The maximum atomic E-state index is 13.8. The molecular weight excluding hydrogens is 374 g/mol. The van der Waals surface area contributed by atoms with E-state index in [0.29, 0.717) is 0 Å². The Morgan fingerprint density at radius 2 is 1.43 bits per heavy atom. The van der Waals surface area contributed by atoms with Gasteiger partial charge in [-0.2, -0.15) is 13.2 Å². The first-order chi connectivity index (χ1) is 12.9. The number of halogens is 4. The van der Waals surface area contributed by atoms with Gasteiger partial charge in [0.2, 0.25) is 0 Å². The molecule has 152 valence electrons. The molecule has 0 amide bonds. The first-order valence-corrected chi connectivity index (χ1v) is 8.76. The standard InChI is InChI=1S/C21H23F4NO2/c1-13-4-6-14(7-5-13)15-8-10-16(11-9-15)18(21(23,24)25)26-17(19(27)28)12-20(2,3)22/h4-11,17-18,26H,12H2,1-3H3,(H,27,28)/p-1/t17-,18-/m0/s1. The van der Waals surface area contributed by atoms with Gasteiger partial charge >= 0.3 is 6.18 Å². The van der Waals surface area contributed by atoms with Crippen molar-refractivity contribution in [2.75, 3.05) is 0 Å². The maximum absolute atomic E-state index is 13.8. The molecule has 3 nitrogen and oxygen atoms in total. The summed E-state index contributed by atoms with van der Waals surface area (Å²) in [4.78, 5) is 11.2. The van der Waals surface area contributed by atoms with Gasteiger partial charge in [-0.1, -0.05) is 54.1 Å². The second-order valence-electron chi connectivity index (χ2n) is 7.42. The molecule has 0 radical (unpaired) electrons. The number of carbonyl (C=O) groups excluding carboxylic acids is 1. The molecule has 2 aromatic carbocycles. The van der Waals surface area contributed by atoms with Crippen LogP contribution in [0.5, 0.6) is 0 Å². The van der Waals surface area contributed by atoms with Gasteiger partial charge in [0.05, 0.1) is 12.0 Å². The number of alkyl halides is 4. The average molecular weight is 396 g/mol. The van der Waals surface area contributed by atoms with Crippen LogP contribution in [0.15, 0.2) is 48.5 Å². The zero-order valence-corrected chi connectivity index (χ0v) is 15.8. The van der Waals surface area contributed by atoms with E-state index in [1.165, 1.54) is 24.3 Å². The van der Waals surface area contributed by atoms with Crippen LogP contribution in [0, 0.1) is 6.92 Å². The highest BCUT2D eigenvalue weighted by Crippen LogP contribution is 2.35. The van der Waals surface area contributed by atoms with Crippen molar-refractivity contribution in [2.24, 2.45) is 0 Å². The molecule has 0 aliphatic heterocycles. The van der Waals surface area contributed by atoms with Crippen molar-refractivity contribution in [2.45, 2.75) is 51.1 Å². The molecular formula is C21H22F4NO2-. The van der Waals surface area contributed by atoms with Gasteiger partial charge in [-0.3, -0.25) is 5.32 Å². The molecule has 2 rings (SSSR count). The Hall–Kier alpha value is -2.41. The number of aryl methyl sites for hydroxylation is 1. The number of rotatable bonds is 7. The highest BCUT2D eigenvalue weighted by atomic mass is 19.4. The number of hydrogen-bond acceptors (Lipinski definition) is 3. The summed E-state index contributed by atoms with van der Waals surface area (Å²) < 4.78 is 54.5. The fraction of sp³-hybridized carbons (Fsp3) is 0.381. The van der Waals surface area contributed by atoms with Gasteiger partial charge in [-0.15, -0.1) is 0 Å². The molecule has 0 saturated heterocycles. The number of benzene rings is 2. The molecule has 0 fully saturated rings. The second-order valence-corrected chi connectivity index (χ2v) is 7.42. The molecule has 1 N–H and O–H groups in total. The fourth-order valence-corrected chi connectivity index (χ4v) is 2.89. The van der Waals surface area contributed by atoms with E-state index in [1.54, 1.807) is 0 Å². The van der Waals surface area contributed by atoms with Crippen molar-refractivity contribution in [3.8, 4) is 11.1 Å². The molecule has 0 bridgehead atoms. The first-order valence-electron chi connectivity index (χ1n) is 8.76. The fourth-order valence-electron chi connectivity index (χ4n) is 2.89. The van der Waals surface area contributed by atoms with Crippen LogP contribution in [0.3, 0.4) is 0 Å². The van der Waals surface area contributed by atoms with Crippen LogP contribution in [-0.2, 0) is 4.79 Å². The summed E-state index contributed by atoms with van der Waals surface area (Å²) in [5.41, 5.74) is 0.506. The molecule has 2 aromatic rings. The number of aliphatic carboxylic acids is 1. The van der Waals surface area contributed by atoms with Gasteiger partial charge in [-0.25, -0.2) is 4.39 Å². The summed E-state index contributed by atoms with van der Waals surface area (Å²) in [6, 6.07) is 9.10. The van der Waals surface area contributed by atoms with Crippen LogP contribution < -0.4 is 10.4 Å². The Balaban J connectivity index is 2.30. The van der Waals surface area contributed by atoms with Crippen molar-refractivity contribution in [3.63, 3.8) is 0 Å². The van der Waals surface area contributed by atoms with Gasteiger partial charge in [0.25, 0.3) is 0 Å². The van der Waals surface area contributed by atoms with E-state index in [9.17, 15) is 27.5 Å². The smallest absolute Gasteiger partial charge is 0.407 e. The van der Waals surface area contributed by atoms with Crippen LogP contribution in [0.1, 0.15) is 37.4 Å². The number of carboxylic acids is 1. The Bertz CT molecular complexity index is 793. The Morgan fingerprint density at radius 3 is 1.82 bits per heavy atom. The number of carboxylic acid groups (broad SMARTS) is 1. The summed E-state index contributed by atoms with van der Waals surface area (Å²) in [7, 11) is 0. The van der Waals surface area contributed by atoms with E-state index in [2.05, 4.69) is 0 Å². The largest absolute Gasteiger partial charge is 0.548 e. The van der Waals surface area contributed by atoms with Crippen molar-refractivity contribution >= 4 is 5.97 Å². The van der Waals surface area contributed by atoms with Crippen molar-refractivity contribution < 1.29 is 27.5 Å². The SMILES string of the molecule is Cc1ccc(-c2ccc([C@H](N[C@@H](CC(C)(C)F)C(=O)[O-])C(F)(F)F)cc2)cc1. The van der Waals surface area contributed by atoms with Gasteiger partial charge in [0, 0.05) is 6.42 Å². The van der Waals surface area contributed by atoms with E-state index in [1.807, 2.05) is 36.5 Å². The lowest BCUT2D eigenvalue weighted by Gasteiger charge is -2.31. The number of hydrogen-bond donors (Lipinski definition) is 1. The molecule has 0 heterocycles. The molecule has 0 spiro atoms. The lowest BCUT2D eigenvalue weighted by atomic mass is 9.97. The predicted molar refractivity (Wildman–Crippen MR) is 97.1 cm³/mol. The highest BCUT2D eigenvalue weighted by Gasteiger charge is 2.42. The quantitative estimate of drug-likeness (QED) is 0.717. The van der Waals surface area contributed by atoms with E-state index in [0.717, 1.165) is 30.5 Å². The number of carbonyl (C=O) groups is 1. The third kappa shape index (κ3) is 6.05. The zero-order chi connectivity index (χ0) is 21.1. The van der Waals surface area contributed by atoms with Gasteiger partial charge < -0.3 is 9.90 Å². The summed E-state index contributed by atoms with van der Waals surface area (Å²) in [6.07, 6.45) is -5.41. The third-order valence-electron chi connectivity index (χ3n) is 4.30.